The van der Waals surface area contributed by atoms with E-state index in [0.717, 1.165) is 6.07 Å². The maximum absolute atomic E-state index is 13.7. The first kappa shape index (κ1) is 11.7. The summed E-state index contributed by atoms with van der Waals surface area (Å²) in [5, 5.41) is 2.14. The Morgan fingerprint density at radius 3 is 2.35 bits per heavy atom. The number of benzene rings is 1. The van der Waals surface area contributed by atoms with E-state index >= 15 is 0 Å². The Kier molecular flexibility index (Phi) is 2.69. The smallest absolute Gasteiger partial charge is 0.227 e. The molecule has 1 fully saturated rings. The molecule has 90 valence electrons. The predicted octanol–water partition coefficient (Wildman–Crippen LogP) is 1.66. The molecular weight excluding hydrogens is 228 g/mol. The summed E-state index contributed by atoms with van der Waals surface area (Å²) in [4.78, 5) is 22.6. The molecule has 0 unspecified atom stereocenters. The molecule has 2 rings (SSSR count). The molecule has 0 aromatic heterocycles. The van der Waals surface area contributed by atoms with E-state index in [0.29, 0.717) is 0 Å². The first-order valence-electron chi connectivity index (χ1n) is 5.19. The van der Waals surface area contributed by atoms with E-state index in [-0.39, 0.29) is 18.4 Å². The average molecular weight is 239 g/mol. The molecule has 0 radical (unpaired) electrons. The zero-order valence-corrected chi connectivity index (χ0v) is 9.22. The van der Waals surface area contributed by atoms with Crippen molar-refractivity contribution in [2.24, 2.45) is 0 Å². The second kappa shape index (κ2) is 3.91. The fraction of sp³-hybridized carbons (Fsp3) is 0.333. The number of hydrogen-bond donors (Lipinski definition) is 1. The van der Waals surface area contributed by atoms with Crippen LogP contribution in [0.2, 0.25) is 0 Å². The molecular formula is C12H11F2NO2. The highest BCUT2D eigenvalue weighted by molar-refractivity contribution is 5.99. The van der Waals surface area contributed by atoms with Crippen LogP contribution in [-0.4, -0.2) is 11.8 Å². The summed E-state index contributed by atoms with van der Waals surface area (Å²) in [6.07, 6.45) is -0.0573. The first-order chi connectivity index (χ1) is 7.92. The van der Waals surface area contributed by atoms with Crippen LogP contribution < -0.4 is 5.32 Å². The Labute approximate surface area is 96.8 Å². The van der Waals surface area contributed by atoms with Crippen LogP contribution in [-0.2, 0) is 15.0 Å². The van der Waals surface area contributed by atoms with Crippen LogP contribution in [0.5, 0.6) is 0 Å². The normalized spacial score (nSPS) is 19.0. The number of rotatable bonds is 1. The fourth-order valence-electron chi connectivity index (χ4n) is 2.18. The quantitative estimate of drug-likeness (QED) is 0.757. The Balaban J connectivity index is 2.47. The average Bonchev–Trinajstić information content (AvgIpc) is 2.19. The van der Waals surface area contributed by atoms with Gasteiger partial charge in [-0.15, -0.1) is 0 Å². The summed E-state index contributed by atoms with van der Waals surface area (Å²) in [5.74, 6) is -2.89. The van der Waals surface area contributed by atoms with Gasteiger partial charge in [-0.1, -0.05) is 19.1 Å². The number of amides is 2. The molecule has 0 saturated carbocycles. The summed E-state index contributed by atoms with van der Waals surface area (Å²) in [6.45, 7) is 1.58. The zero-order chi connectivity index (χ0) is 12.6. The third kappa shape index (κ3) is 2.05. The van der Waals surface area contributed by atoms with Gasteiger partial charge >= 0.3 is 0 Å². The SMILES string of the molecule is CC1(c2cccc(F)c2F)CC(=O)NC(=O)C1. The van der Waals surface area contributed by atoms with E-state index in [4.69, 9.17) is 0 Å². The lowest BCUT2D eigenvalue weighted by Gasteiger charge is -2.32. The zero-order valence-electron chi connectivity index (χ0n) is 9.22. The van der Waals surface area contributed by atoms with Gasteiger partial charge in [-0.25, -0.2) is 8.78 Å². The lowest BCUT2D eigenvalue weighted by atomic mass is 9.74. The van der Waals surface area contributed by atoms with Crippen molar-refractivity contribution in [1.29, 1.82) is 0 Å². The lowest BCUT2D eigenvalue weighted by Crippen LogP contribution is -2.46. The number of hydrogen-bond acceptors (Lipinski definition) is 2. The molecule has 0 bridgehead atoms. The Morgan fingerprint density at radius 2 is 1.76 bits per heavy atom. The van der Waals surface area contributed by atoms with Crippen LogP contribution in [0.1, 0.15) is 25.3 Å². The number of piperidine rings is 1. The summed E-state index contributed by atoms with van der Waals surface area (Å²) in [7, 11) is 0. The molecule has 0 spiro atoms. The third-order valence-electron chi connectivity index (χ3n) is 2.98. The lowest BCUT2D eigenvalue weighted by molar-refractivity contribution is -0.135. The van der Waals surface area contributed by atoms with Crippen LogP contribution in [0.15, 0.2) is 18.2 Å². The predicted molar refractivity (Wildman–Crippen MR) is 56.1 cm³/mol. The van der Waals surface area contributed by atoms with E-state index in [1.165, 1.54) is 12.1 Å². The van der Waals surface area contributed by atoms with Gasteiger partial charge in [0.1, 0.15) is 0 Å². The topological polar surface area (TPSA) is 46.2 Å². The van der Waals surface area contributed by atoms with E-state index in [1.54, 1.807) is 6.92 Å². The fourth-order valence-corrected chi connectivity index (χ4v) is 2.18. The molecule has 1 aromatic rings. The minimum Gasteiger partial charge on any atom is -0.296 e. The van der Waals surface area contributed by atoms with E-state index in [2.05, 4.69) is 5.32 Å². The van der Waals surface area contributed by atoms with Crippen LogP contribution in [0.3, 0.4) is 0 Å². The Bertz CT molecular complexity index is 483. The maximum atomic E-state index is 13.7. The molecule has 0 atom stereocenters. The van der Waals surface area contributed by atoms with Gasteiger partial charge in [-0.2, -0.15) is 0 Å². The van der Waals surface area contributed by atoms with Gasteiger partial charge in [0.15, 0.2) is 11.6 Å². The number of halogens is 2. The van der Waals surface area contributed by atoms with Crippen molar-refractivity contribution >= 4 is 11.8 Å². The highest BCUT2D eigenvalue weighted by atomic mass is 19.2. The van der Waals surface area contributed by atoms with E-state index in [1.807, 2.05) is 0 Å². The molecule has 1 heterocycles. The van der Waals surface area contributed by atoms with Crippen molar-refractivity contribution in [1.82, 2.24) is 5.32 Å². The molecule has 1 aromatic carbocycles. The molecule has 0 aliphatic carbocycles. The summed E-state index contributed by atoms with van der Waals surface area (Å²) >= 11 is 0. The van der Waals surface area contributed by atoms with Crippen LogP contribution >= 0.6 is 0 Å². The minimum absolute atomic E-state index is 0.0287. The molecule has 2 amide bonds. The van der Waals surface area contributed by atoms with Crippen molar-refractivity contribution in [2.45, 2.75) is 25.2 Å². The van der Waals surface area contributed by atoms with Gasteiger partial charge < -0.3 is 0 Å². The Hall–Kier alpha value is -1.78. The second-order valence-electron chi connectivity index (χ2n) is 4.49. The molecule has 1 N–H and O–H groups in total. The minimum atomic E-state index is -0.988. The van der Waals surface area contributed by atoms with Crippen molar-refractivity contribution in [3.63, 3.8) is 0 Å². The number of carbonyl (C=O) groups is 2. The number of carbonyl (C=O) groups excluding carboxylic acids is 2. The molecule has 1 saturated heterocycles. The highest BCUT2D eigenvalue weighted by Gasteiger charge is 2.39. The summed E-state index contributed by atoms with van der Waals surface area (Å²) in [5.41, 5.74) is -0.910. The van der Waals surface area contributed by atoms with Crippen molar-refractivity contribution in [3.05, 3.63) is 35.4 Å². The number of nitrogens with one attached hydrogen (secondary N) is 1. The molecule has 1 aliphatic heterocycles. The van der Waals surface area contributed by atoms with Crippen molar-refractivity contribution in [2.75, 3.05) is 0 Å². The molecule has 17 heavy (non-hydrogen) atoms. The molecule has 1 aliphatic rings. The Morgan fingerprint density at radius 1 is 1.18 bits per heavy atom. The van der Waals surface area contributed by atoms with Crippen molar-refractivity contribution < 1.29 is 18.4 Å². The van der Waals surface area contributed by atoms with Gasteiger partial charge in [0.2, 0.25) is 11.8 Å². The van der Waals surface area contributed by atoms with E-state index in [9.17, 15) is 18.4 Å². The highest BCUT2D eigenvalue weighted by Crippen LogP contribution is 2.35. The number of imide groups is 1. The third-order valence-corrected chi connectivity index (χ3v) is 2.98. The molecule has 5 heteroatoms. The van der Waals surface area contributed by atoms with Gasteiger partial charge in [-0.3, -0.25) is 14.9 Å². The van der Waals surface area contributed by atoms with Gasteiger partial charge in [0, 0.05) is 18.3 Å². The van der Waals surface area contributed by atoms with Crippen LogP contribution in [0.25, 0.3) is 0 Å². The van der Waals surface area contributed by atoms with Gasteiger partial charge in [0.05, 0.1) is 0 Å². The standard InChI is InChI=1S/C12H11F2NO2/c1-12(5-9(16)15-10(17)6-12)7-3-2-4-8(13)11(7)14/h2-4H,5-6H2,1H3,(H,15,16,17). The second-order valence-corrected chi connectivity index (χ2v) is 4.49. The monoisotopic (exact) mass is 239 g/mol. The maximum Gasteiger partial charge on any atom is 0.227 e. The summed E-state index contributed by atoms with van der Waals surface area (Å²) < 4.78 is 26.8. The first-order valence-corrected chi connectivity index (χ1v) is 5.19. The molecule has 3 nitrogen and oxygen atoms in total. The largest absolute Gasteiger partial charge is 0.296 e. The summed E-state index contributed by atoms with van der Waals surface area (Å²) in [6, 6.07) is 3.78. The van der Waals surface area contributed by atoms with Gasteiger partial charge in [0.25, 0.3) is 0 Å². The van der Waals surface area contributed by atoms with Crippen LogP contribution in [0.4, 0.5) is 8.78 Å². The van der Waals surface area contributed by atoms with Crippen molar-refractivity contribution in [3.8, 4) is 0 Å². The van der Waals surface area contributed by atoms with E-state index < -0.39 is 28.9 Å². The van der Waals surface area contributed by atoms with Crippen LogP contribution in [0, 0.1) is 11.6 Å². The van der Waals surface area contributed by atoms with Gasteiger partial charge in [-0.05, 0) is 11.6 Å².